The van der Waals surface area contributed by atoms with Gasteiger partial charge < -0.3 is 4.42 Å². The van der Waals surface area contributed by atoms with Crippen LogP contribution in [0.4, 0.5) is 0 Å². The van der Waals surface area contributed by atoms with Crippen molar-refractivity contribution in [2.24, 2.45) is 0 Å². The third-order valence-electron chi connectivity index (χ3n) is 2.32. The number of benzene rings is 1. The summed E-state index contributed by atoms with van der Waals surface area (Å²) in [6, 6.07) is 12.8. The molecule has 0 saturated carbocycles. The highest BCUT2D eigenvalue weighted by atomic mass is 16.4. The molecule has 0 atom stereocenters. The monoisotopic (exact) mass is 212 g/mol. The average Bonchev–Trinajstić information content (AvgIpc) is 2.33. The Bertz CT molecular complexity index is 538. The van der Waals surface area contributed by atoms with Crippen molar-refractivity contribution in [3.8, 4) is 11.3 Å². The Morgan fingerprint density at radius 2 is 1.88 bits per heavy atom. The first-order valence-electron chi connectivity index (χ1n) is 5.10. The molecule has 0 radical (unpaired) electrons. The summed E-state index contributed by atoms with van der Waals surface area (Å²) in [7, 11) is 0. The Labute approximate surface area is 93.9 Å². The molecule has 0 aliphatic carbocycles. The minimum atomic E-state index is -0.327. The molecule has 0 aliphatic heterocycles. The summed E-state index contributed by atoms with van der Waals surface area (Å²) in [5, 5.41) is 0. The standard InChI is InChI=1S/C14H12O2/c1-2-6-11-9-10-13(15)16-14(11)12-7-4-3-5-8-12/h2-5,7-10H,1,6H2. The minimum absolute atomic E-state index is 0.327. The van der Waals surface area contributed by atoms with E-state index < -0.39 is 0 Å². The van der Waals surface area contributed by atoms with Crippen LogP contribution in [-0.4, -0.2) is 0 Å². The first-order chi connectivity index (χ1) is 7.81. The van der Waals surface area contributed by atoms with Crippen LogP contribution in [0.5, 0.6) is 0 Å². The van der Waals surface area contributed by atoms with Crippen LogP contribution < -0.4 is 5.63 Å². The van der Waals surface area contributed by atoms with Crippen molar-refractivity contribution in [1.82, 2.24) is 0 Å². The summed E-state index contributed by atoms with van der Waals surface area (Å²) < 4.78 is 5.24. The molecule has 1 aromatic heterocycles. The second-order valence-corrected chi connectivity index (χ2v) is 3.47. The molecule has 0 bridgehead atoms. The number of rotatable bonds is 3. The molecule has 0 N–H and O–H groups in total. The maximum atomic E-state index is 11.2. The highest BCUT2D eigenvalue weighted by molar-refractivity contribution is 5.60. The van der Waals surface area contributed by atoms with E-state index in [4.69, 9.17) is 4.42 Å². The van der Waals surface area contributed by atoms with Gasteiger partial charge in [0.25, 0.3) is 0 Å². The molecule has 2 heteroatoms. The van der Waals surface area contributed by atoms with E-state index in [0.29, 0.717) is 12.2 Å². The van der Waals surface area contributed by atoms with Crippen LogP contribution in [0.3, 0.4) is 0 Å². The van der Waals surface area contributed by atoms with E-state index in [-0.39, 0.29) is 5.63 Å². The molecule has 0 aliphatic rings. The quantitative estimate of drug-likeness (QED) is 0.732. The van der Waals surface area contributed by atoms with Gasteiger partial charge in [0, 0.05) is 11.6 Å². The van der Waals surface area contributed by atoms with Gasteiger partial charge in [-0.2, -0.15) is 0 Å². The van der Waals surface area contributed by atoms with Crippen molar-refractivity contribution in [3.05, 3.63) is 71.1 Å². The Hall–Kier alpha value is -2.09. The van der Waals surface area contributed by atoms with Crippen molar-refractivity contribution >= 4 is 0 Å². The van der Waals surface area contributed by atoms with Crippen LogP contribution in [-0.2, 0) is 6.42 Å². The lowest BCUT2D eigenvalue weighted by Gasteiger charge is -2.05. The fraction of sp³-hybridized carbons (Fsp3) is 0.0714. The van der Waals surface area contributed by atoms with E-state index >= 15 is 0 Å². The van der Waals surface area contributed by atoms with Crippen LogP contribution in [0.1, 0.15) is 5.56 Å². The first kappa shape index (κ1) is 10.4. The van der Waals surface area contributed by atoms with E-state index in [0.717, 1.165) is 11.1 Å². The lowest BCUT2D eigenvalue weighted by Crippen LogP contribution is -2.00. The molecule has 1 heterocycles. The summed E-state index contributed by atoms with van der Waals surface area (Å²) in [5.74, 6) is 0.632. The van der Waals surface area contributed by atoms with Crippen molar-refractivity contribution in [3.63, 3.8) is 0 Å². The van der Waals surface area contributed by atoms with E-state index in [2.05, 4.69) is 6.58 Å². The average molecular weight is 212 g/mol. The predicted octanol–water partition coefficient (Wildman–Crippen LogP) is 3.04. The van der Waals surface area contributed by atoms with Crippen LogP contribution >= 0.6 is 0 Å². The van der Waals surface area contributed by atoms with Gasteiger partial charge in [-0.25, -0.2) is 4.79 Å². The lowest BCUT2D eigenvalue weighted by atomic mass is 10.1. The van der Waals surface area contributed by atoms with Crippen LogP contribution in [0.25, 0.3) is 11.3 Å². The number of hydrogen-bond acceptors (Lipinski definition) is 2. The molecule has 0 unspecified atom stereocenters. The maximum absolute atomic E-state index is 11.2. The minimum Gasteiger partial charge on any atom is -0.422 e. The second-order valence-electron chi connectivity index (χ2n) is 3.47. The van der Waals surface area contributed by atoms with Crippen molar-refractivity contribution in [2.45, 2.75) is 6.42 Å². The molecule has 1 aromatic carbocycles. The third-order valence-corrected chi connectivity index (χ3v) is 2.32. The van der Waals surface area contributed by atoms with Crippen LogP contribution in [0, 0.1) is 0 Å². The summed E-state index contributed by atoms with van der Waals surface area (Å²) in [5.41, 5.74) is 1.56. The Kier molecular flexibility index (Phi) is 3.01. The molecule has 0 saturated heterocycles. The zero-order chi connectivity index (χ0) is 11.4. The second kappa shape index (κ2) is 4.62. The smallest absolute Gasteiger partial charge is 0.336 e. The van der Waals surface area contributed by atoms with Crippen molar-refractivity contribution in [1.29, 1.82) is 0 Å². The normalized spacial score (nSPS) is 10.0. The van der Waals surface area contributed by atoms with E-state index in [1.807, 2.05) is 30.3 Å². The Balaban J connectivity index is 2.58. The first-order valence-corrected chi connectivity index (χ1v) is 5.10. The summed E-state index contributed by atoms with van der Waals surface area (Å²) in [6.45, 7) is 3.69. The Morgan fingerprint density at radius 3 is 2.56 bits per heavy atom. The van der Waals surface area contributed by atoms with E-state index in [1.165, 1.54) is 6.07 Å². The highest BCUT2D eigenvalue weighted by Crippen LogP contribution is 2.22. The predicted molar refractivity (Wildman–Crippen MR) is 64.3 cm³/mol. The third kappa shape index (κ3) is 2.11. The van der Waals surface area contributed by atoms with Gasteiger partial charge in [-0.1, -0.05) is 36.4 Å². The summed E-state index contributed by atoms with van der Waals surface area (Å²) >= 11 is 0. The summed E-state index contributed by atoms with van der Waals surface area (Å²) in [6.07, 6.45) is 2.48. The molecule has 16 heavy (non-hydrogen) atoms. The molecular weight excluding hydrogens is 200 g/mol. The molecule has 2 rings (SSSR count). The van der Waals surface area contributed by atoms with Gasteiger partial charge in [-0.05, 0) is 18.1 Å². The van der Waals surface area contributed by atoms with E-state index in [9.17, 15) is 4.79 Å². The Morgan fingerprint density at radius 1 is 1.12 bits per heavy atom. The molecular formula is C14H12O2. The van der Waals surface area contributed by atoms with Crippen LogP contribution in [0.15, 0.2) is 64.3 Å². The van der Waals surface area contributed by atoms with Gasteiger partial charge >= 0.3 is 5.63 Å². The van der Waals surface area contributed by atoms with Crippen LogP contribution in [0.2, 0.25) is 0 Å². The fourth-order valence-corrected chi connectivity index (χ4v) is 1.59. The highest BCUT2D eigenvalue weighted by Gasteiger charge is 2.06. The zero-order valence-electron chi connectivity index (χ0n) is 8.85. The maximum Gasteiger partial charge on any atom is 0.336 e. The van der Waals surface area contributed by atoms with Gasteiger partial charge in [0.15, 0.2) is 0 Å². The van der Waals surface area contributed by atoms with E-state index in [1.54, 1.807) is 12.1 Å². The van der Waals surface area contributed by atoms with Gasteiger partial charge in [0.2, 0.25) is 0 Å². The molecule has 2 aromatic rings. The SMILES string of the molecule is C=CCc1ccc(=O)oc1-c1ccccc1. The molecule has 2 nitrogen and oxygen atoms in total. The van der Waals surface area contributed by atoms with Gasteiger partial charge in [-0.3, -0.25) is 0 Å². The van der Waals surface area contributed by atoms with Gasteiger partial charge in [0.1, 0.15) is 5.76 Å². The molecule has 0 amide bonds. The number of allylic oxidation sites excluding steroid dienone is 1. The fourth-order valence-electron chi connectivity index (χ4n) is 1.59. The van der Waals surface area contributed by atoms with Gasteiger partial charge in [0.05, 0.1) is 0 Å². The molecule has 80 valence electrons. The molecule has 0 spiro atoms. The van der Waals surface area contributed by atoms with Crippen molar-refractivity contribution < 1.29 is 4.42 Å². The van der Waals surface area contributed by atoms with Crippen molar-refractivity contribution in [2.75, 3.05) is 0 Å². The summed E-state index contributed by atoms with van der Waals surface area (Å²) in [4.78, 5) is 11.2. The van der Waals surface area contributed by atoms with Gasteiger partial charge in [-0.15, -0.1) is 6.58 Å². The molecule has 0 fully saturated rings. The number of hydrogen-bond donors (Lipinski definition) is 0. The zero-order valence-corrected chi connectivity index (χ0v) is 8.85. The topological polar surface area (TPSA) is 30.2 Å². The lowest BCUT2D eigenvalue weighted by molar-refractivity contribution is 0.521. The largest absolute Gasteiger partial charge is 0.422 e.